The molecular formula is C17H14O5. The van der Waals surface area contributed by atoms with Gasteiger partial charge in [-0.05, 0) is 50.2 Å². The van der Waals surface area contributed by atoms with Crippen LogP contribution in [-0.4, -0.2) is 27.6 Å². The molecule has 2 aromatic rings. The van der Waals surface area contributed by atoms with E-state index in [9.17, 15) is 24.6 Å². The zero-order valence-corrected chi connectivity index (χ0v) is 12.1. The maximum absolute atomic E-state index is 12.5. The summed E-state index contributed by atoms with van der Waals surface area (Å²) in [5.41, 5.74) is 0.423. The molecule has 0 aromatic heterocycles. The minimum absolute atomic E-state index is 0.0214. The molecule has 0 heterocycles. The Labute approximate surface area is 126 Å². The van der Waals surface area contributed by atoms with E-state index in [0.29, 0.717) is 5.56 Å². The van der Waals surface area contributed by atoms with Gasteiger partial charge in [0.25, 0.3) is 0 Å². The number of carbonyl (C=O) groups is 3. The molecule has 0 atom stereocenters. The number of carbonyl (C=O) groups excluding carboxylic acids is 3. The lowest BCUT2D eigenvalue weighted by Crippen LogP contribution is -2.05. The van der Waals surface area contributed by atoms with Crippen molar-refractivity contribution >= 4 is 17.3 Å². The van der Waals surface area contributed by atoms with Gasteiger partial charge < -0.3 is 10.2 Å². The van der Waals surface area contributed by atoms with E-state index < -0.39 is 5.78 Å². The summed E-state index contributed by atoms with van der Waals surface area (Å²) < 4.78 is 0. The molecule has 0 aliphatic heterocycles. The molecule has 0 amide bonds. The topological polar surface area (TPSA) is 91.7 Å². The summed E-state index contributed by atoms with van der Waals surface area (Å²) in [7, 11) is 0. The van der Waals surface area contributed by atoms with Gasteiger partial charge in [-0.2, -0.15) is 0 Å². The Morgan fingerprint density at radius 2 is 1.23 bits per heavy atom. The van der Waals surface area contributed by atoms with Crippen molar-refractivity contribution in [2.75, 3.05) is 0 Å². The second-order valence-corrected chi connectivity index (χ2v) is 4.91. The molecule has 0 radical (unpaired) electrons. The summed E-state index contributed by atoms with van der Waals surface area (Å²) in [6.45, 7) is 2.63. The molecule has 112 valence electrons. The van der Waals surface area contributed by atoms with Gasteiger partial charge in [-0.1, -0.05) is 0 Å². The van der Waals surface area contributed by atoms with Gasteiger partial charge in [0, 0.05) is 11.1 Å². The Kier molecular flexibility index (Phi) is 4.08. The van der Waals surface area contributed by atoms with Crippen LogP contribution in [0.3, 0.4) is 0 Å². The van der Waals surface area contributed by atoms with E-state index in [4.69, 9.17) is 0 Å². The van der Waals surface area contributed by atoms with Gasteiger partial charge in [0.1, 0.15) is 11.5 Å². The van der Waals surface area contributed by atoms with Crippen LogP contribution < -0.4 is 0 Å². The van der Waals surface area contributed by atoms with E-state index in [2.05, 4.69) is 0 Å². The summed E-state index contributed by atoms with van der Waals surface area (Å²) in [6, 6.07) is 7.86. The first-order valence-electron chi connectivity index (χ1n) is 6.54. The SMILES string of the molecule is CC(=O)c1ccc(O)c(C(=O)c2ccc(O)c(C(C)=O)c2)c1. The third-order valence-electron chi connectivity index (χ3n) is 3.29. The molecule has 2 aromatic carbocycles. The van der Waals surface area contributed by atoms with Gasteiger partial charge in [-0.15, -0.1) is 0 Å². The minimum atomic E-state index is -0.539. The van der Waals surface area contributed by atoms with Crippen LogP contribution in [0.5, 0.6) is 11.5 Å². The monoisotopic (exact) mass is 298 g/mol. The predicted molar refractivity (Wildman–Crippen MR) is 79.7 cm³/mol. The summed E-state index contributed by atoms with van der Waals surface area (Å²) >= 11 is 0. The van der Waals surface area contributed by atoms with Crippen LogP contribution >= 0.6 is 0 Å². The molecule has 0 bridgehead atoms. The Bertz CT molecular complexity index is 790. The van der Waals surface area contributed by atoms with Crippen molar-refractivity contribution in [2.24, 2.45) is 0 Å². The van der Waals surface area contributed by atoms with Crippen molar-refractivity contribution in [3.8, 4) is 11.5 Å². The Morgan fingerprint density at radius 3 is 1.77 bits per heavy atom. The Morgan fingerprint density at radius 1 is 0.727 bits per heavy atom. The Balaban J connectivity index is 2.53. The lowest BCUT2D eigenvalue weighted by Gasteiger charge is -2.08. The van der Waals surface area contributed by atoms with Crippen molar-refractivity contribution in [2.45, 2.75) is 13.8 Å². The highest BCUT2D eigenvalue weighted by atomic mass is 16.3. The molecule has 0 saturated heterocycles. The summed E-state index contributed by atoms with van der Waals surface area (Å²) in [5, 5.41) is 19.4. The lowest BCUT2D eigenvalue weighted by molar-refractivity contribution is 0.100. The molecule has 22 heavy (non-hydrogen) atoms. The van der Waals surface area contributed by atoms with E-state index in [1.54, 1.807) is 0 Å². The molecule has 2 rings (SSSR count). The first-order valence-corrected chi connectivity index (χ1v) is 6.54. The van der Waals surface area contributed by atoms with Gasteiger partial charge in [0.2, 0.25) is 0 Å². The highest BCUT2D eigenvalue weighted by Gasteiger charge is 2.18. The average molecular weight is 298 g/mol. The number of ketones is 3. The number of hydrogen-bond acceptors (Lipinski definition) is 5. The molecule has 0 aliphatic carbocycles. The van der Waals surface area contributed by atoms with Crippen LogP contribution in [0.15, 0.2) is 36.4 Å². The number of phenolic OH excluding ortho intramolecular Hbond substituents is 2. The quantitative estimate of drug-likeness (QED) is 0.847. The molecule has 5 heteroatoms. The van der Waals surface area contributed by atoms with E-state index in [1.165, 1.54) is 50.2 Å². The van der Waals surface area contributed by atoms with Gasteiger partial charge in [0.15, 0.2) is 17.3 Å². The van der Waals surface area contributed by atoms with Crippen LogP contribution in [-0.2, 0) is 0 Å². The zero-order valence-electron chi connectivity index (χ0n) is 12.1. The molecular weight excluding hydrogens is 284 g/mol. The third-order valence-corrected chi connectivity index (χ3v) is 3.29. The minimum Gasteiger partial charge on any atom is -0.507 e. The fourth-order valence-corrected chi connectivity index (χ4v) is 2.05. The van der Waals surface area contributed by atoms with Crippen LogP contribution in [0.4, 0.5) is 0 Å². The molecule has 0 aliphatic rings. The first kappa shape index (κ1) is 15.4. The molecule has 0 fully saturated rings. The van der Waals surface area contributed by atoms with E-state index >= 15 is 0 Å². The van der Waals surface area contributed by atoms with Crippen LogP contribution in [0.25, 0.3) is 0 Å². The van der Waals surface area contributed by atoms with Gasteiger partial charge in [-0.25, -0.2) is 0 Å². The summed E-state index contributed by atoms with van der Waals surface area (Å²) in [5.74, 6) is -1.63. The fourth-order valence-electron chi connectivity index (χ4n) is 2.05. The second-order valence-electron chi connectivity index (χ2n) is 4.91. The molecule has 0 saturated carbocycles. The Hall–Kier alpha value is -2.95. The lowest BCUT2D eigenvalue weighted by atomic mass is 9.97. The second kappa shape index (κ2) is 5.81. The largest absolute Gasteiger partial charge is 0.507 e. The number of aromatic hydroxyl groups is 2. The maximum atomic E-state index is 12.5. The third kappa shape index (κ3) is 2.88. The van der Waals surface area contributed by atoms with Crippen molar-refractivity contribution in [3.63, 3.8) is 0 Å². The van der Waals surface area contributed by atoms with Crippen LogP contribution in [0.1, 0.15) is 50.5 Å². The molecule has 2 N–H and O–H groups in total. The first-order chi connectivity index (χ1) is 10.3. The van der Waals surface area contributed by atoms with Gasteiger partial charge >= 0.3 is 0 Å². The number of benzene rings is 2. The summed E-state index contributed by atoms with van der Waals surface area (Å²) in [6.07, 6.45) is 0. The van der Waals surface area contributed by atoms with Crippen molar-refractivity contribution in [3.05, 3.63) is 58.7 Å². The van der Waals surface area contributed by atoms with Crippen molar-refractivity contribution in [1.82, 2.24) is 0 Å². The van der Waals surface area contributed by atoms with Gasteiger partial charge in [-0.3, -0.25) is 14.4 Å². The van der Waals surface area contributed by atoms with Crippen molar-refractivity contribution < 1.29 is 24.6 Å². The maximum Gasteiger partial charge on any atom is 0.196 e. The number of Topliss-reactive ketones (excluding diaryl/α,β-unsaturated/α-hetero) is 2. The smallest absolute Gasteiger partial charge is 0.196 e. The molecule has 0 spiro atoms. The number of hydrogen-bond donors (Lipinski definition) is 2. The number of phenols is 2. The number of rotatable bonds is 4. The van der Waals surface area contributed by atoms with E-state index in [1.807, 2.05) is 0 Å². The zero-order chi connectivity index (χ0) is 16.4. The highest BCUT2D eigenvalue weighted by molar-refractivity contribution is 6.13. The molecule has 5 nitrogen and oxygen atoms in total. The van der Waals surface area contributed by atoms with E-state index in [0.717, 1.165) is 0 Å². The summed E-state index contributed by atoms with van der Waals surface area (Å²) in [4.78, 5) is 35.3. The van der Waals surface area contributed by atoms with Crippen molar-refractivity contribution in [1.29, 1.82) is 0 Å². The van der Waals surface area contributed by atoms with Crippen LogP contribution in [0, 0.1) is 0 Å². The highest BCUT2D eigenvalue weighted by Crippen LogP contribution is 2.25. The normalized spacial score (nSPS) is 10.3. The average Bonchev–Trinajstić information content (AvgIpc) is 2.47. The predicted octanol–water partition coefficient (Wildman–Crippen LogP) is 2.73. The standard InChI is InChI=1S/C17H14O5/c1-9(18)11-3-5-16(21)14(7-11)17(22)12-4-6-15(20)13(8-12)10(2)19/h3-8,20-21H,1-2H3. The van der Waals surface area contributed by atoms with E-state index in [-0.39, 0.29) is 39.8 Å². The fraction of sp³-hybridized carbons (Fsp3) is 0.118. The molecule has 0 unspecified atom stereocenters. The van der Waals surface area contributed by atoms with Gasteiger partial charge in [0.05, 0.1) is 11.1 Å². The van der Waals surface area contributed by atoms with Crippen LogP contribution in [0.2, 0.25) is 0 Å².